The summed E-state index contributed by atoms with van der Waals surface area (Å²) in [6.45, 7) is -0.433. The van der Waals surface area contributed by atoms with Crippen molar-refractivity contribution >= 4 is 11.1 Å². The highest BCUT2D eigenvalue weighted by molar-refractivity contribution is 7.80. The number of halogens is 1. The van der Waals surface area contributed by atoms with Crippen LogP contribution < -0.4 is 0 Å². The summed E-state index contributed by atoms with van der Waals surface area (Å²) in [7, 11) is 0. The molecule has 0 aliphatic carbocycles. The fourth-order valence-electron chi connectivity index (χ4n) is 0.808. The molecule has 0 spiro atoms. The fourth-order valence-corrected chi connectivity index (χ4v) is 1.48. The van der Waals surface area contributed by atoms with Crippen LogP contribution in [0.4, 0.5) is 4.39 Å². The molecule has 0 saturated carbocycles. The highest BCUT2D eigenvalue weighted by Gasteiger charge is 2.00. The van der Waals surface area contributed by atoms with Gasteiger partial charge in [0.05, 0.1) is 11.6 Å². The van der Waals surface area contributed by atoms with E-state index in [0.29, 0.717) is 4.90 Å². The zero-order valence-corrected chi connectivity index (χ0v) is 8.37. The lowest BCUT2D eigenvalue weighted by Gasteiger charge is -1.98. The molecule has 0 radical (unpaired) electrons. The Morgan fingerprint density at radius 2 is 2.07 bits per heavy atom. The van der Waals surface area contributed by atoms with E-state index in [1.165, 1.54) is 12.3 Å². The van der Waals surface area contributed by atoms with Gasteiger partial charge in [-0.3, -0.25) is 4.39 Å². The smallest absolute Gasteiger partial charge is 0.240 e. The van der Waals surface area contributed by atoms with Crippen molar-refractivity contribution < 1.29 is 12.8 Å². The highest BCUT2D eigenvalue weighted by Crippen LogP contribution is 2.06. The van der Waals surface area contributed by atoms with E-state index in [2.05, 4.69) is 0 Å². The van der Waals surface area contributed by atoms with Gasteiger partial charge in [0.25, 0.3) is 0 Å². The lowest BCUT2D eigenvalue weighted by molar-refractivity contribution is 0.483. The molecule has 1 atom stereocenters. The zero-order valence-electron chi connectivity index (χ0n) is 7.56. The highest BCUT2D eigenvalue weighted by atomic mass is 32.2. The molecule has 1 unspecified atom stereocenters. The summed E-state index contributed by atoms with van der Waals surface area (Å²) in [5.41, 5.74) is 0. The summed E-state index contributed by atoms with van der Waals surface area (Å²) in [5, 5.41) is 0. The summed E-state index contributed by atoms with van der Waals surface area (Å²) in [6.07, 6.45) is 3.05. The van der Waals surface area contributed by atoms with Crippen molar-refractivity contribution in [3.05, 3.63) is 42.7 Å². The predicted molar refractivity (Wildman–Crippen MR) is 53.7 cm³/mol. The normalized spacial score (nSPS) is 12.9. The molecule has 1 aromatic rings. The molecular formula is C10H11FO2S. The zero-order chi connectivity index (χ0) is 10.2. The van der Waals surface area contributed by atoms with Gasteiger partial charge in [-0.1, -0.05) is 18.2 Å². The Hall–Kier alpha value is -1.16. The van der Waals surface area contributed by atoms with Gasteiger partial charge in [-0.25, -0.2) is 4.21 Å². The van der Waals surface area contributed by atoms with Crippen LogP contribution in [-0.2, 0) is 15.3 Å². The molecule has 0 aliphatic rings. The third-order valence-corrected chi connectivity index (χ3v) is 2.39. The molecule has 1 rings (SSSR count). The van der Waals surface area contributed by atoms with Crippen molar-refractivity contribution in [2.75, 3.05) is 6.67 Å². The quantitative estimate of drug-likeness (QED) is 0.704. The molecule has 0 amide bonds. The number of hydrogen-bond donors (Lipinski definition) is 0. The van der Waals surface area contributed by atoms with Crippen LogP contribution in [0.25, 0.3) is 0 Å². The molecular weight excluding hydrogens is 203 g/mol. The Bertz CT molecular complexity index is 311. The fraction of sp³-hybridized carbons (Fsp3) is 0.200. The standard InChI is InChI=1S/C10H11FO2S/c11-8-4-5-9-13-14(12)10-6-2-1-3-7-10/h1-3,5-7,9H,4,8H2. The Kier molecular flexibility index (Phi) is 4.93. The first-order valence-corrected chi connectivity index (χ1v) is 5.27. The average molecular weight is 214 g/mol. The maximum Gasteiger partial charge on any atom is 0.240 e. The molecule has 1 aromatic carbocycles. The Morgan fingerprint density at radius 1 is 1.36 bits per heavy atom. The minimum atomic E-state index is -1.50. The van der Waals surface area contributed by atoms with Gasteiger partial charge in [-0.2, -0.15) is 0 Å². The van der Waals surface area contributed by atoms with E-state index in [1.807, 2.05) is 6.07 Å². The lowest BCUT2D eigenvalue weighted by Crippen LogP contribution is -1.91. The van der Waals surface area contributed by atoms with Crippen LogP contribution in [0.2, 0.25) is 0 Å². The molecule has 0 bridgehead atoms. The summed E-state index contributed by atoms with van der Waals surface area (Å²) in [4.78, 5) is 0.595. The minimum Gasteiger partial charge on any atom is -0.405 e. The van der Waals surface area contributed by atoms with Crippen LogP contribution in [0, 0.1) is 0 Å². The summed E-state index contributed by atoms with van der Waals surface area (Å²) >= 11 is -1.50. The molecule has 14 heavy (non-hydrogen) atoms. The van der Waals surface area contributed by atoms with E-state index in [4.69, 9.17) is 4.18 Å². The Morgan fingerprint density at radius 3 is 2.71 bits per heavy atom. The number of hydrogen-bond acceptors (Lipinski definition) is 2. The van der Waals surface area contributed by atoms with Crippen LogP contribution >= 0.6 is 0 Å². The summed E-state index contributed by atoms with van der Waals surface area (Å²) in [5.74, 6) is 0. The van der Waals surface area contributed by atoms with Crippen LogP contribution in [0.15, 0.2) is 47.6 Å². The van der Waals surface area contributed by atoms with Gasteiger partial charge in [0.2, 0.25) is 11.1 Å². The second kappa shape index (κ2) is 6.32. The third kappa shape index (κ3) is 3.70. The van der Waals surface area contributed by atoms with E-state index in [1.54, 1.807) is 24.3 Å². The van der Waals surface area contributed by atoms with Gasteiger partial charge >= 0.3 is 0 Å². The number of alkyl halides is 1. The van der Waals surface area contributed by atoms with E-state index in [-0.39, 0.29) is 6.42 Å². The average Bonchev–Trinajstić information content (AvgIpc) is 2.25. The minimum absolute atomic E-state index is 0.284. The SMILES string of the molecule is O=S(OC=CCCF)c1ccccc1. The molecule has 0 fully saturated rings. The topological polar surface area (TPSA) is 26.3 Å². The molecule has 0 aliphatic heterocycles. The van der Waals surface area contributed by atoms with Crippen molar-refractivity contribution in [3.8, 4) is 0 Å². The predicted octanol–water partition coefficient (Wildman–Crippen LogP) is 2.60. The first kappa shape index (κ1) is 10.9. The monoisotopic (exact) mass is 214 g/mol. The van der Waals surface area contributed by atoms with Crippen molar-refractivity contribution in [3.63, 3.8) is 0 Å². The van der Waals surface area contributed by atoms with Crippen molar-refractivity contribution in [1.29, 1.82) is 0 Å². The van der Waals surface area contributed by atoms with E-state index >= 15 is 0 Å². The molecule has 76 valence electrons. The second-order valence-electron chi connectivity index (χ2n) is 2.49. The molecule has 0 aromatic heterocycles. The number of allylic oxidation sites excluding steroid dienone is 1. The van der Waals surface area contributed by atoms with Crippen molar-refractivity contribution in [1.82, 2.24) is 0 Å². The molecule has 0 N–H and O–H groups in total. The molecule has 2 nitrogen and oxygen atoms in total. The Balaban J connectivity index is 2.44. The van der Waals surface area contributed by atoms with Crippen molar-refractivity contribution in [2.24, 2.45) is 0 Å². The maximum atomic E-state index is 11.7. The van der Waals surface area contributed by atoms with Gasteiger partial charge in [0.15, 0.2) is 0 Å². The first-order valence-electron chi connectivity index (χ1n) is 4.19. The van der Waals surface area contributed by atoms with E-state index in [0.717, 1.165) is 0 Å². The lowest BCUT2D eigenvalue weighted by atomic mass is 10.4. The first-order chi connectivity index (χ1) is 6.84. The van der Waals surface area contributed by atoms with Gasteiger partial charge in [-0.05, 0) is 24.6 Å². The third-order valence-electron chi connectivity index (χ3n) is 1.45. The van der Waals surface area contributed by atoms with Crippen LogP contribution in [0.5, 0.6) is 0 Å². The van der Waals surface area contributed by atoms with E-state index in [9.17, 15) is 8.60 Å². The Labute approximate surface area is 85.1 Å². The van der Waals surface area contributed by atoms with Crippen LogP contribution in [-0.4, -0.2) is 10.9 Å². The van der Waals surface area contributed by atoms with Crippen molar-refractivity contribution in [2.45, 2.75) is 11.3 Å². The molecule has 0 heterocycles. The molecule has 0 saturated heterocycles. The second-order valence-corrected chi connectivity index (χ2v) is 3.63. The van der Waals surface area contributed by atoms with Crippen LogP contribution in [0.3, 0.4) is 0 Å². The van der Waals surface area contributed by atoms with Gasteiger partial charge < -0.3 is 4.18 Å². The van der Waals surface area contributed by atoms with E-state index < -0.39 is 17.8 Å². The maximum absolute atomic E-state index is 11.7. The van der Waals surface area contributed by atoms with Gasteiger partial charge in [0, 0.05) is 0 Å². The molecule has 4 heteroatoms. The summed E-state index contributed by atoms with van der Waals surface area (Å²) < 4.78 is 27.9. The number of rotatable bonds is 5. The van der Waals surface area contributed by atoms with Gasteiger partial charge in [-0.15, -0.1) is 0 Å². The largest absolute Gasteiger partial charge is 0.405 e. The van der Waals surface area contributed by atoms with Crippen LogP contribution in [0.1, 0.15) is 6.42 Å². The number of benzene rings is 1. The summed E-state index contributed by atoms with van der Waals surface area (Å²) in [6, 6.07) is 8.81. The van der Waals surface area contributed by atoms with Gasteiger partial charge in [0.1, 0.15) is 6.26 Å².